The number of nitrogens with one attached hydrogen (secondary N) is 2. The molecule has 1 heterocycles. The Morgan fingerprint density at radius 2 is 1.85 bits per heavy atom. The molecule has 1 aromatic carbocycles. The summed E-state index contributed by atoms with van der Waals surface area (Å²) in [6, 6.07) is 8.24. The lowest BCUT2D eigenvalue weighted by Gasteiger charge is -2.37. The van der Waals surface area contributed by atoms with Gasteiger partial charge in [-0.1, -0.05) is 62.4 Å². The third kappa shape index (κ3) is 4.84. The third-order valence-corrected chi connectivity index (χ3v) is 6.12. The number of amides is 1. The fraction of sp³-hybridized carbons (Fsp3) is 0.667. The van der Waals surface area contributed by atoms with Gasteiger partial charge in [0.15, 0.2) is 0 Å². The predicted octanol–water partition coefficient (Wildman–Crippen LogP) is 2.15. The second-order valence-electron chi connectivity index (χ2n) is 7.84. The molecule has 1 aliphatic carbocycles. The van der Waals surface area contributed by atoms with Crippen LogP contribution in [0.1, 0.15) is 56.6 Å². The maximum atomic E-state index is 12.7. The quantitative estimate of drug-likeness (QED) is 0.627. The van der Waals surface area contributed by atoms with E-state index in [0.717, 1.165) is 25.3 Å². The van der Waals surface area contributed by atoms with Gasteiger partial charge in [0.25, 0.3) is 0 Å². The molecule has 2 fully saturated rings. The number of piperidine rings is 1. The molecule has 0 aromatic heterocycles. The molecule has 1 aromatic rings. The minimum absolute atomic E-state index is 0.112. The summed E-state index contributed by atoms with van der Waals surface area (Å²) in [5, 5.41) is 26.3. The molecule has 0 bridgehead atoms. The van der Waals surface area contributed by atoms with Crippen molar-refractivity contribution in [2.24, 2.45) is 11.8 Å². The van der Waals surface area contributed by atoms with Crippen molar-refractivity contribution in [1.82, 2.24) is 10.6 Å². The van der Waals surface area contributed by atoms with E-state index in [4.69, 9.17) is 0 Å². The molecule has 4 N–H and O–H groups in total. The molecule has 26 heavy (non-hydrogen) atoms. The largest absolute Gasteiger partial charge is 0.394 e. The third-order valence-electron chi connectivity index (χ3n) is 6.12. The van der Waals surface area contributed by atoms with Gasteiger partial charge in [-0.3, -0.25) is 4.79 Å². The molecule has 0 unspecified atom stereocenters. The van der Waals surface area contributed by atoms with E-state index in [0.29, 0.717) is 11.5 Å². The van der Waals surface area contributed by atoms with Crippen LogP contribution in [0.3, 0.4) is 0 Å². The highest BCUT2D eigenvalue weighted by Gasteiger charge is 2.33. The molecule has 4 atom stereocenters. The first-order valence-electron chi connectivity index (χ1n) is 10.1. The van der Waals surface area contributed by atoms with Crippen molar-refractivity contribution in [3.8, 4) is 0 Å². The molecule has 1 saturated carbocycles. The van der Waals surface area contributed by atoms with Crippen LogP contribution in [-0.4, -0.2) is 41.4 Å². The summed E-state index contributed by atoms with van der Waals surface area (Å²) in [4.78, 5) is 12.7. The molecule has 2 aliphatic rings. The maximum absolute atomic E-state index is 12.7. The lowest BCUT2D eigenvalue weighted by molar-refractivity contribution is -0.126. The molecular weight excluding hydrogens is 328 g/mol. The Labute approximate surface area is 156 Å². The molecule has 5 heteroatoms. The van der Waals surface area contributed by atoms with Crippen molar-refractivity contribution in [1.29, 1.82) is 0 Å². The SMILES string of the molecule is O=C(N[C@@H](CO)[C@H](O)c1ccccc1)[C@@H]1C[C@@H](C2CCCCC2)CCN1. The normalized spacial score (nSPS) is 26.8. The average Bonchev–Trinajstić information content (AvgIpc) is 2.72. The number of aliphatic hydroxyl groups excluding tert-OH is 2. The monoisotopic (exact) mass is 360 g/mol. The highest BCUT2D eigenvalue weighted by atomic mass is 16.3. The minimum Gasteiger partial charge on any atom is -0.394 e. The van der Waals surface area contributed by atoms with Crippen LogP contribution in [0.2, 0.25) is 0 Å². The number of benzene rings is 1. The molecule has 3 rings (SSSR count). The van der Waals surface area contributed by atoms with Crippen molar-refractivity contribution in [3.63, 3.8) is 0 Å². The highest BCUT2D eigenvalue weighted by Crippen LogP contribution is 2.35. The second-order valence-corrected chi connectivity index (χ2v) is 7.84. The number of carbonyl (C=O) groups is 1. The zero-order valence-corrected chi connectivity index (χ0v) is 15.4. The molecule has 5 nitrogen and oxygen atoms in total. The molecule has 0 spiro atoms. The van der Waals surface area contributed by atoms with E-state index >= 15 is 0 Å². The van der Waals surface area contributed by atoms with Gasteiger partial charge in [-0.15, -0.1) is 0 Å². The minimum atomic E-state index is -0.914. The number of hydrogen-bond donors (Lipinski definition) is 4. The van der Waals surface area contributed by atoms with Crippen LogP contribution in [0.4, 0.5) is 0 Å². The summed E-state index contributed by atoms with van der Waals surface area (Å²) >= 11 is 0. The maximum Gasteiger partial charge on any atom is 0.237 e. The smallest absolute Gasteiger partial charge is 0.237 e. The van der Waals surface area contributed by atoms with Crippen LogP contribution in [0, 0.1) is 11.8 Å². The van der Waals surface area contributed by atoms with Crippen LogP contribution in [0.5, 0.6) is 0 Å². The molecular formula is C21H32N2O3. The fourth-order valence-corrected chi connectivity index (χ4v) is 4.57. The average molecular weight is 360 g/mol. The lowest BCUT2D eigenvalue weighted by Crippen LogP contribution is -2.53. The van der Waals surface area contributed by atoms with E-state index in [2.05, 4.69) is 10.6 Å². The molecule has 144 valence electrons. The van der Waals surface area contributed by atoms with Crippen molar-refractivity contribution < 1.29 is 15.0 Å². The van der Waals surface area contributed by atoms with E-state index in [1.165, 1.54) is 32.1 Å². The zero-order chi connectivity index (χ0) is 18.4. The van der Waals surface area contributed by atoms with Crippen LogP contribution in [-0.2, 0) is 4.79 Å². The van der Waals surface area contributed by atoms with E-state index in [1.807, 2.05) is 18.2 Å². The fourth-order valence-electron chi connectivity index (χ4n) is 4.57. The summed E-state index contributed by atoms with van der Waals surface area (Å²) in [6.07, 6.45) is 7.67. The van der Waals surface area contributed by atoms with E-state index in [-0.39, 0.29) is 18.6 Å². The highest BCUT2D eigenvalue weighted by molar-refractivity contribution is 5.82. The van der Waals surface area contributed by atoms with Gasteiger partial charge in [-0.25, -0.2) is 0 Å². The van der Waals surface area contributed by atoms with Crippen molar-refractivity contribution in [2.75, 3.05) is 13.2 Å². The Morgan fingerprint density at radius 3 is 2.54 bits per heavy atom. The van der Waals surface area contributed by atoms with Crippen LogP contribution < -0.4 is 10.6 Å². The predicted molar refractivity (Wildman–Crippen MR) is 102 cm³/mol. The summed E-state index contributed by atoms with van der Waals surface area (Å²) in [5.41, 5.74) is 0.698. The van der Waals surface area contributed by atoms with Gasteiger partial charge in [-0.2, -0.15) is 0 Å². The van der Waals surface area contributed by atoms with Crippen molar-refractivity contribution >= 4 is 5.91 Å². The van der Waals surface area contributed by atoms with Gasteiger partial charge in [0, 0.05) is 0 Å². The molecule has 0 radical (unpaired) electrons. The molecule has 1 saturated heterocycles. The lowest BCUT2D eigenvalue weighted by atomic mass is 9.74. The number of carbonyl (C=O) groups excluding carboxylic acids is 1. The summed E-state index contributed by atoms with van der Waals surface area (Å²) in [7, 11) is 0. The Bertz CT molecular complexity index is 560. The van der Waals surface area contributed by atoms with Gasteiger partial charge in [-0.05, 0) is 36.8 Å². The van der Waals surface area contributed by atoms with E-state index in [9.17, 15) is 15.0 Å². The Morgan fingerprint density at radius 1 is 1.12 bits per heavy atom. The Hall–Kier alpha value is -1.43. The number of rotatable bonds is 6. The van der Waals surface area contributed by atoms with Crippen LogP contribution in [0.15, 0.2) is 30.3 Å². The van der Waals surface area contributed by atoms with Gasteiger partial charge in [0.05, 0.1) is 18.7 Å². The topological polar surface area (TPSA) is 81.6 Å². The summed E-state index contributed by atoms with van der Waals surface area (Å²) in [5.74, 6) is 1.25. The van der Waals surface area contributed by atoms with Crippen LogP contribution in [0.25, 0.3) is 0 Å². The number of aliphatic hydroxyl groups is 2. The number of hydrogen-bond acceptors (Lipinski definition) is 4. The molecule has 1 aliphatic heterocycles. The molecule has 1 amide bonds. The van der Waals surface area contributed by atoms with Gasteiger partial charge in [0.2, 0.25) is 5.91 Å². The second kappa shape index (κ2) is 9.49. The zero-order valence-electron chi connectivity index (χ0n) is 15.4. The van der Waals surface area contributed by atoms with Crippen molar-refractivity contribution in [3.05, 3.63) is 35.9 Å². The Kier molecular flexibility index (Phi) is 7.06. The first-order valence-corrected chi connectivity index (χ1v) is 10.1. The van der Waals surface area contributed by atoms with Crippen molar-refractivity contribution in [2.45, 2.75) is 63.1 Å². The Balaban J connectivity index is 1.57. The van der Waals surface area contributed by atoms with E-state index < -0.39 is 12.1 Å². The van der Waals surface area contributed by atoms with Gasteiger partial charge >= 0.3 is 0 Å². The van der Waals surface area contributed by atoms with Crippen LogP contribution >= 0.6 is 0 Å². The first kappa shape index (κ1) is 19.3. The van der Waals surface area contributed by atoms with Gasteiger partial charge in [0.1, 0.15) is 6.10 Å². The standard InChI is InChI=1S/C21H32N2O3/c24-14-19(20(25)16-9-5-2-6-10-16)23-21(26)18-13-17(11-12-22-18)15-7-3-1-4-8-15/h2,5-6,9-10,15,17-20,22,24-25H,1,3-4,7-8,11-14H2,(H,23,26)/t17-,18-,19-,20+/m0/s1. The summed E-state index contributed by atoms with van der Waals surface area (Å²) in [6.45, 7) is 0.574. The first-order chi connectivity index (χ1) is 12.7. The van der Waals surface area contributed by atoms with E-state index in [1.54, 1.807) is 12.1 Å². The summed E-state index contributed by atoms with van der Waals surface area (Å²) < 4.78 is 0. The van der Waals surface area contributed by atoms with Gasteiger partial charge < -0.3 is 20.8 Å².